The summed E-state index contributed by atoms with van der Waals surface area (Å²) in [6, 6.07) is 5.94. The van der Waals surface area contributed by atoms with Crippen molar-refractivity contribution in [2.24, 2.45) is 10.9 Å². The summed E-state index contributed by atoms with van der Waals surface area (Å²) >= 11 is 0. The first kappa shape index (κ1) is 16.4. The van der Waals surface area contributed by atoms with E-state index in [9.17, 15) is 8.42 Å². The summed E-state index contributed by atoms with van der Waals surface area (Å²) in [5.41, 5.74) is 5.78. The number of amidine groups is 1. The van der Waals surface area contributed by atoms with Crippen molar-refractivity contribution in [2.75, 3.05) is 32.5 Å². The van der Waals surface area contributed by atoms with Crippen molar-refractivity contribution in [3.63, 3.8) is 0 Å². The van der Waals surface area contributed by atoms with Crippen LogP contribution in [-0.4, -0.2) is 62.0 Å². The Kier molecular flexibility index (Phi) is 5.93. The van der Waals surface area contributed by atoms with E-state index < -0.39 is 9.84 Å². The third-order valence-corrected chi connectivity index (χ3v) is 4.51. The minimum Gasteiger partial charge on any atom is -0.409 e. The van der Waals surface area contributed by atoms with Gasteiger partial charge in [-0.15, -0.1) is 0 Å². The van der Waals surface area contributed by atoms with Gasteiger partial charge >= 0.3 is 0 Å². The number of oxime groups is 1. The predicted octanol–water partition coefficient (Wildman–Crippen LogP) is -0.521. The summed E-state index contributed by atoms with van der Waals surface area (Å²) in [6.45, 7) is 0.714. The third kappa shape index (κ3) is 4.48. The lowest BCUT2D eigenvalue weighted by Crippen LogP contribution is -2.28. The zero-order valence-electron chi connectivity index (χ0n) is 11.2. The topological polar surface area (TPSA) is 116 Å². The molecular formula is C12H19N3O4S. The summed E-state index contributed by atoms with van der Waals surface area (Å²) in [6.07, 6.45) is 0. The molecule has 0 heterocycles. The second-order valence-corrected chi connectivity index (χ2v) is 6.47. The normalized spacial score (nSPS) is 12.8. The SMILES string of the molecule is CN(CCO)CCS(=O)(=O)c1cccc(/C(N)=N/O)c1. The highest BCUT2D eigenvalue weighted by atomic mass is 32.2. The molecule has 0 aliphatic rings. The lowest BCUT2D eigenvalue weighted by Gasteiger charge is -2.15. The smallest absolute Gasteiger partial charge is 0.179 e. The van der Waals surface area contributed by atoms with Gasteiger partial charge in [-0.3, -0.25) is 0 Å². The minimum absolute atomic E-state index is 0.0183. The molecule has 0 aromatic heterocycles. The van der Waals surface area contributed by atoms with Crippen LogP contribution in [0.4, 0.5) is 0 Å². The van der Waals surface area contributed by atoms with E-state index in [4.69, 9.17) is 16.0 Å². The zero-order chi connectivity index (χ0) is 15.2. The fraction of sp³-hybridized carbons (Fsp3) is 0.417. The second kappa shape index (κ2) is 7.22. The van der Waals surface area contributed by atoms with Gasteiger partial charge in [0.2, 0.25) is 0 Å². The fourth-order valence-electron chi connectivity index (χ4n) is 1.58. The molecule has 0 aliphatic heterocycles. The Bertz CT molecular complexity index is 572. The van der Waals surface area contributed by atoms with Crippen molar-refractivity contribution in [1.29, 1.82) is 0 Å². The molecule has 7 nitrogen and oxygen atoms in total. The van der Waals surface area contributed by atoms with Gasteiger partial charge in [-0.1, -0.05) is 17.3 Å². The van der Waals surface area contributed by atoms with Gasteiger partial charge in [0.1, 0.15) is 0 Å². The summed E-state index contributed by atoms with van der Waals surface area (Å²) < 4.78 is 24.3. The Morgan fingerprint density at radius 1 is 1.40 bits per heavy atom. The average Bonchev–Trinajstić information content (AvgIpc) is 2.45. The van der Waals surface area contributed by atoms with Gasteiger partial charge in [-0.2, -0.15) is 0 Å². The number of hydrogen-bond acceptors (Lipinski definition) is 6. The number of sulfone groups is 1. The maximum absolute atomic E-state index is 12.2. The van der Waals surface area contributed by atoms with Crippen molar-refractivity contribution < 1.29 is 18.7 Å². The Morgan fingerprint density at radius 3 is 2.70 bits per heavy atom. The van der Waals surface area contributed by atoms with E-state index in [2.05, 4.69) is 5.16 Å². The summed E-state index contributed by atoms with van der Waals surface area (Å²) in [5.74, 6) is -0.206. The molecular weight excluding hydrogens is 282 g/mol. The number of rotatable bonds is 7. The Labute approximate surface area is 118 Å². The highest BCUT2D eigenvalue weighted by Crippen LogP contribution is 2.13. The third-order valence-electron chi connectivity index (χ3n) is 2.82. The highest BCUT2D eigenvalue weighted by molar-refractivity contribution is 7.91. The molecule has 0 atom stereocenters. The van der Waals surface area contributed by atoms with Crippen LogP contribution in [0.25, 0.3) is 0 Å². The summed E-state index contributed by atoms with van der Waals surface area (Å²) in [4.78, 5) is 1.85. The lowest BCUT2D eigenvalue weighted by molar-refractivity contribution is 0.227. The number of benzene rings is 1. The number of aliphatic hydroxyl groups is 1. The molecule has 0 saturated heterocycles. The predicted molar refractivity (Wildman–Crippen MR) is 75.6 cm³/mol. The van der Waals surface area contributed by atoms with E-state index >= 15 is 0 Å². The number of aliphatic hydroxyl groups excluding tert-OH is 1. The van der Waals surface area contributed by atoms with Gasteiger partial charge < -0.3 is 20.9 Å². The van der Waals surface area contributed by atoms with Gasteiger partial charge in [0.25, 0.3) is 0 Å². The molecule has 0 radical (unpaired) electrons. The van der Waals surface area contributed by atoms with Gasteiger partial charge in [0, 0.05) is 18.7 Å². The first-order valence-electron chi connectivity index (χ1n) is 6.01. The van der Waals surface area contributed by atoms with E-state index in [1.807, 2.05) is 0 Å². The van der Waals surface area contributed by atoms with Gasteiger partial charge in [-0.25, -0.2) is 8.42 Å². The maximum atomic E-state index is 12.2. The highest BCUT2D eigenvalue weighted by Gasteiger charge is 2.16. The van der Waals surface area contributed by atoms with Crippen LogP contribution in [0.1, 0.15) is 5.56 Å². The van der Waals surface area contributed by atoms with Gasteiger partial charge in [-0.05, 0) is 19.2 Å². The van der Waals surface area contributed by atoms with Gasteiger partial charge in [0.05, 0.1) is 17.3 Å². The van der Waals surface area contributed by atoms with Crippen LogP contribution in [0, 0.1) is 0 Å². The second-order valence-electron chi connectivity index (χ2n) is 4.36. The fourth-order valence-corrected chi connectivity index (χ4v) is 2.96. The lowest BCUT2D eigenvalue weighted by atomic mass is 10.2. The first-order chi connectivity index (χ1) is 9.40. The maximum Gasteiger partial charge on any atom is 0.179 e. The van der Waals surface area contributed by atoms with Crippen molar-refractivity contribution >= 4 is 15.7 Å². The number of nitrogens with two attached hydrogens (primary N) is 1. The minimum atomic E-state index is -3.45. The molecule has 0 saturated carbocycles. The van der Waals surface area contributed by atoms with Crippen molar-refractivity contribution in [3.05, 3.63) is 29.8 Å². The van der Waals surface area contributed by atoms with Crippen molar-refractivity contribution in [1.82, 2.24) is 4.90 Å². The quantitative estimate of drug-likeness (QED) is 0.270. The average molecular weight is 301 g/mol. The molecule has 0 spiro atoms. The van der Waals surface area contributed by atoms with Crippen LogP contribution in [0.5, 0.6) is 0 Å². The van der Waals surface area contributed by atoms with E-state index in [0.29, 0.717) is 18.7 Å². The van der Waals surface area contributed by atoms with E-state index in [-0.39, 0.29) is 23.1 Å². The van der Waals surface area contributed by atoms with Crippen molar-refractivity contribution in [2.45, 2.75) is 4.90 Å². The molecule has 0 unspecified atom stereocenters. The van der Waals surface area contributed by atoms with E-state index in [0.717, 1.165) is 0 Å². The molecule has 0 bridgehead atoms. The molecule has 1 rings (SSSR count). The molecule has 4 N–H and O–H groups in total. The van der Waals surface area contributed by atoms with Crippen LogP contribution in [0.2, 0.25) is 0 Å². The standard InChI is InChI=1S/C12H19N3O4S/c1-15(5-7-16)6-8-20(18,19)11-4-2-3-10(9-11)12(13)14-17/h2-4,9,16-17H,5-8H2,1H3,(H2,13,14). The number of hydrogen-bond donors (Lipinski definition) is 3. The Hall–Kier alpha value is -1.64. The summed E-state index contributed by atoms with van der Waals surface area (Å²) in [7, 11) is -1.72. The monoisotopic (exact) mass is 301 g/mol. The van der Waals surface area contributed by atoms with Crippen LogP contribution in [0.3, 0.4) is 0 Å². The van der Waals surface area contributed by atoms with Crippen LogP contribution in [0.15, 0.2) is 34.3 Å². The molecule has 0 aliphatic carbocycles. The first-order valence-corrected chi connectivity index (χ1v) is 7.66. The molecule has 1 aromatic rings. The van der Waals surface area contributed by atoms with Crippen LogP contribution in [-0.2, 0) is 9.84 Å². The molecule has 0 fully saturated rings. The van der Waals surface area contributed by atoms with Gasteiger partial charge in [0.15, 0.2) is 15.7 Å². The van der Waals surface area contributed by atoms with Crippen LogP contribution >= 0.6 is 0 Å². The molecule has 0 amide bonds. The Balaban J connectivity index is 2.87. The molecule has 20 heavy (non-hydrogen) atoms. The zero-order valence-corrected chi connectivity index (χ0v) is 12.0. The molecule has 1 aromatic carbocycles. The molecule has 8 heteroatoms. The van der Waals surface area contributed by atoms with Crippen molar-refractivity contribution in [3.8, 4) is 0 Å². The largest absolute Gasteiger partial charge is 0.409 e. The number of nitrogens with zero attached hydrogens (tertiary/aromatic N) is 2. The van der Waals surface area contributed by atoms with E-state index in [1.54, 1.807) is 18.0 Å². The summed E-state index contributed by atoms with van der Waals surface area (Å²) in [5, 5.41) is 20.2. The van der Waals surface area contributed by atoms with Crippen LogP contribution < -0.4 is 5.73 Å². The van der Waals surface area contributed by atoms with E-state index in [1.165, 1.54) is 18.2 Å². The molecule has 112 valence electrons. The Morgan fingerprint density at radius 2 is 2.10 bits per heavy atom. The number of likely N-dealkylation sites (N-methyl/N-ethyl adjacent to an activating group) is 1.